The molecule has 4 rings (SSSR count). The van der Waals surface area contributed by atoms with E-state index in [-0.39, 0.29) is 12.5 Å². The van der Waals surface area contributed by atoms with Crippen LogP contribution in [0.1, 0.15) is 15.4 Å². The summed E-state index contributed by atoms with van der Waals surface area (Å²) in [5.74, 6) is -0.266. The summed E-state index contributed by atoms with van der Waals surface area (Å²) in [6.45, 7) is 0.189. The van der Waals surface area contributed by atoms with E-state index in [1.165, 1.54) is 23.3 Å². The zero-order valence-corrected chi connectivity index (χ0v) is 21.5. The number of hydrogen-bond donors (Lipinski definition) is 2. The van der Waals surface area contributed by atoms with Gasteiger partial charge in [0.25, 0.3) is 5.91 Å². The predicted octanol–water partition coefficient (Wildman–Crippen LogP) is 6.20. The van der Waals surface area contributed by atoms with Crippen molar-refractivity contribution >= 4 is 63.6 Å². The summed E-state index contributed by atoms with van der Waals surface area (Å²) < 4.78 is 0. The van der Waals surface area contributed by atoms with E-state index in [9.17, 15) is 9.59 Å². The average Bonchev–Trinajstić information content (AvgIpc) is 3.27. The number of hydrogen-bond acceptors (Lipinski definition) is 5. The molecule has 0 radical (unpaired) electrons. The highest BCUT2D eigenvalue weighted by Crippen LogP contribution is 2.37. The average molecular weight is 522 g/mol. The van der Waals surface area contributed by atoms with E-state index in [0.29, 0.717) is 32.5 Å². The molecule has 2 heterocycles. The lowest BCUT2D eigenvalue weighted by Gasteiger charge is -2.12. The number of aliphatic imine (C=N–C) groups is 1. The monoisotopic (exact) mass is 521 g/mol. The second kappa shape index (κ2) is 10.8. The number of carboxylic acid groups (broad SMARTS) is 1. The summed E-state index contributed by atoms with van der Waals surface area (Å²) in [4.78, 5) is 37.7. The molecule has 0 atom stereocenters. The lowest BCUT2D eigenvalue weighted by atomic mass is 10.1. The Kier molecular flexibility index (Phi) is 7.52. The SMILES string of the molecule is CN(C)/C=N/c1cc(-c2ccc(Cl)cc2)sc1C(=O)Nc1ccc2nc(CN(C)C(=O)O)ccc2c1. The van der Waals surface area contributed by atoms with Crippen LogP contribution in [0.5, 0.6) is 0 Å². The van der Waals surface area contributed by atoms with E-state index in [4.69, 9.17) is 16.7 Å². The third kappa shape index (κ3) is 5.99. The van der Waals surface area contributed by atoms with Crippen LogP contribution in [0.3, 0.4) is 0 Å². The van der Waals surface area contributed by atoms with Crippen LogP contribution in [0.2, 0.25) is 5.02 Å². The van der Waals surface area contributed by atoms with Crippen LogP contribution in [0.15, 0.2) is 65.7 Å². The van der Waals surface area contributed by atoms with Gasteiger partial charge in [0.05, 0.1) is 29.8 Å². The van der Waals surface area contributed by atoms with Gasteiger partial charge in [0.1, 0.15) is 4.88 Å². The number of carbonyl (C=O) groups excluding carboxylic acids is 1. The summed E-state index contributed by atoms with van der Waals surface area (Å²) in [5, 5.41) is 13.5. The Morgan fingerprint density at radius 1 is 1.08 bits per heavy atom. The molecule has 0 fully saturated rings. The first-order valence-corrected chi connectivity index (χ1v) is 12.1. The molecule has 0 aliphatic heterocycles. The zero-order chi connectivity index (χ0) is 25.8. The number of halogens is 1. The van der Waals surface area contributed by atoms with Crippen LogP contribution in [-0.4, -0.2) is 59.4 Å². The summed E-state index contributed by atoms with van der Waals surface area (Å²) in [6, 6.07) is 18.4. The van der Waals surface area contributed by atoms with Crippen molar-refractivity contribution in [1.29, 1.82) is 0 Å². The van der Waals surface area contributed by atoms with E-state index >= 15 is 0 Å². The van der Waals surface area contributed by atoms with Crippen molar-refractivity contribution in [3.05, 3.63) is 76.3 Å². The van der Waals surface area contributed by atoms with Crippen molar-refractivity contribution in [1.82, 2.24) is 14.8 Å². The molecule has 0 bridgehead atoms. The number of nitrogens with zero attached hydrogens (tertiary/aromatic N) is 4. The first-order chi connectivity index (χ1) is 17.2. The maximum Gasteiger partial charge on any atom is 0.407 e. The van der Waals surface area contributed by atoms with Crippen LogP contribution in [0.25, 0.3) is 21.3 Å². The maximum absolute atomic E-state index is 13.3. The third-order valence-electron chi connectivity index (χ3n) is 5.21. The minimum atomic E-state index is -1.02. The molecule has 2 aromatic heterocycles. The predicted molar refractivity (Wildman–Crippen MR) is 146 cm³/mol. The molecule has 10 heteroatoms. The van der Waals surface area contributed by atoms with Crippen LogP contribution < -0.4 is 5.32 Å². The Morgan fingerprint density at radius 2 is 1.83 bits per heavy atom. The number of anilines is 1. The molecule has 0 spiro atoms. The van der Waals surface area contributed by atoms with Gasteiger partial charge in [0.15, 0.2) is 0 Å². The molecule has 0 unspecified atom stereocenters. The largest absolute Gasteiger partial charge is 0.465 e. The van der Waals surface area contributed by atoms with Gasteiger partial charge in [-0.1, -0.05) is 29.8 Å². The van der Waals surface area contributed by atoms with Crippen LogP contribution >= 0.6 is 22.9 Å². The highest BCUT2D eigenvalue weighted by molar-refractivity contribution is 7.18. The Bertz CT molecular complexity index is 1450. The lowest BCUT2D eigenvalue weighted by molar-refractivity contribution is 0.103. The standard InChI is InChI=1S/C26H24ClN5O3S/c1-31(2)15-28-22-13-23(16-4-7-18(27)8-5-16)36-24(22)25(33)30-19-10-11-21-17(12-19)6-9-20(29-21)14-32(3)26(34)35/h4-13,15H,14H2,1-3H3,(H,30,33)(H,34,35)/b28-15+. The molecular weight excluding hydrogens is 498 g/mol. The van der Waals surface area contributed by atoms with Crippen molar-refractivity contribution in [3.8, 4) is 10.4 Å². The molecule has 2 aromatic carbocycles. The number of carbonyl (C=O) groups is 2. The number of benzene rings is 2. The Morgan fingerprint density at radius 3 is 2.53 bits per heavy atom. The number of aromatic nitrogens is 1. The van der Waals surface area contributed by atoms with E-state index in [2.05, 4.69) is 15.3 Å². The summed E-state index contributed by atoms with van der Waals surface area (Å²) in [6.07, 6.45) is 0.642. The Labute approximate surface area is 217 Å². The Balaban J connectivity index is 1.59. The van der Waals surface area contributed by atoms with Gasteiger partial charge in [-0.15, -0.1) is 11.3 Å². The van der Waals surface area contributed by atoms with Gasteiger partial charge in [-0.25, -0.2) is 9.79 Å². The highest BCUT2D eigenvalue weighted by atomic mass is 35.5. The van der Waals surface area contributed by atoms with Crippen molar-refractivity contribution in [3.63, 3.8) is 0 Å². The van der Waals surface area contributed by atoms with Crippen molar-refractivity contribution in [2.45, 2.75) is 6.54 Å². The molecule has 0 aliphatic carbocycles. The number of nitrogens with one attached hydrogen (secondary N) is 1. The number of rotatable bonds is 7. The second-order valence-electron chi connectivity index (χ2n) is 8.34. The topological polar surface area (TPSA) is 98.1 Å². The van der Waals surface area contributed by atoms with Crippen molar-refractivity contribution in [2.75, 3.05) is 26.5 Å². The quantitative estimate of drug-likeness (QED) is 0.223. The normalized spacial score (nSPS) is 11.1. The van der Waals surface area contributed by atoms with Crippen molar-refractivity contribution < 1.29 is 14.7 Å². The molecule has 2 amide bonds. The fourth-order valence-electron chi connectivity index (χ4n) is 3.41. The fraction of sp³-hybridized carbons (Fsp3) is 0.154. The minimum Gasteiger partial charge on any atom is -0.465 e. The second-order valence-corrected chi connectivity index (χ2v) is 9.83. The molecule has 184 valence electrons. The van der Waals surface area contributed by atoms with Gasteiger partial charge in [0, 0.05) is 42.1 Å². The zero-order valence-electron chi connectivity index (χ0n) is 19.9. The van der Waals surface area contributed by atoms with E-state index in [0.717, 1.165) is 15.8 Å². The van der Waals surface area contributed by atoms with E-state index in [1.54, 1.807) is 29.4 Å². The third-order valence-corrected chi connectivity index (χ3v) is 6.63. The molecular formula is C26H24ClN5O3S. The smallest absolute Gasteiger partial charge is 0.407 e. The Hall–Kier alpha value is -3.95. The number of amides is 2. The number of fused-ring (bicyclic) bond motifs is 1. The fourth-order valence-corrected chi connectivity index (χ4v) is 4.54. The van der Waals surface area contributed by atoms with Gasteiger partial charge in [-0.05, 0) is 48.0 Å². The molecule has 2 N–H and O–H groups in total. The molecule has 36 heavy (non-hydrogen) atoms. The van der Waals surface area contributed by atoms with Crippen molar-refractivity contribution in [2.24, 2.45) is 4.99 Å². The first-order valence-electron chi connectivity index (χ1n) is 10.9. The molecule has 0 aliphatic rings. The van der Waals surface area contributed by atoms with Crippen LogP contribution in [0, 0.1) is 0 Å². The maximum atomic E-state index is 13.3. The van der Waals surface area contributed by atoms with Gasteiger partial charge in [-0.3, -0.25) is 9.78 Å². The summed E-state index contributed by atoms with van der Waals surface area (Å²) in [5.41, 5.74) is 3.49. The van der Waals surface area contributed by atoms with Gasteiger partial charge < -0.3 is 20.2 Å². The highest BCUT2D eigenvalue weighted by Gasteiger charge is 2.18. The lowest BCUT2D eigenvalue weighted by Crippen LogP contribution is -2.24. The van der Waals surface area contributed by atoms with Crippen LogP contribution in [-0.2, 0) is 6.54 Å². The summed E-state index contributed by atoms with van der Waals surface area (Å²) in [7, 11) is 5.22. The minimum absolute atomic E-state index is 0.189. The molecule has 4 aromatic rings. The molecule has 0 saturated carbocycles. The van der Waals surface area contributed by atoms with Gasteiger partial charge >= 0.3 is 6.09 Å². The van der Waals surface area contributed by atoms with E-state index < -0.39 is 6.09 Å². The number of pyridine rings is 1. The van der Waals surface area contributed by atoms with Gasteiger partial charge in [0.2, 0.25) is 0 Å². The van der Waals surface area contributed by atoms with E-state index in [1.807, 2.05) is 56.6 Å². The first kappa shape index (κ1) is 25.2. The number of thiophene rings is 1. The summed E-state index contributed by atoms with van der Waals surface area (Å²) >= 11 is 7.38. The van der Waals surface area contributed by atoms with Crippen LogP contribution in [0.4, 0.5) is 16.2 Å². The molecule has 0 saturated heterocycles. The van der Waals surface area contributed by atoms with Gasteiger partial charge in [-0.2, -0.15) is 0 Å². The molecule has 8 nitrogen and oxygen atoms in total.